The third-order valence-corrected chi connectivity index (χ3v) is 4.59. The van der Waals surface area contributed by atoms with Gasteiger partial charge in [0.05, 0.1) is 19.3 Å². The van der Waals surface area contributed by atoms with E-state index in [1.165, 1.54) is 0 Å². The van der Waals surface area contributed by atoms with Crippen LogP contribution < -0.4 is 0 Å². The zero-order valence-electron chi connectivity index (χ0n) is 14.1. The highest BCUT2D eigenvalue weighted by molar-refractivity contribution is 6.05. The van der Waals surface area contributed by atoms with Crippen molar-refractivity contribution in [2.24, 2.45) is 0 Å². The van der Waals surface area contributed by atoms with Crippen LogP contribution in [0, 0.1) is 0 Å². The quantitative estimate of drug-likeness (QED) is 0.854. The van der Waals surface area contributed by atoms with E-state index >= 15 is 0 Å². The second-order valence-corrected chi connectivity index (χ2v) is 5.88. The van der Waals surface area contributed by atoms with Crippen LogP contribution in [0.2, 0.25) is 0 Å². The first-order chi connectivity index (χ1) is 11.7. The van der Waals surface area contributed by atoms with E-state index in [4.69, 9.17) is 14.2 Å². The summed E-state index contributed by atoms with van der Waals surface area (Å²) in [4.78, 5) is 19.0. The molecule has 0 aliphatic carbocycles. The number of likely N-dealkylation sites (N-methyl/N-ethyl adjacent to an activating group) is 1. The zero-order valence-corrected chi connectivity index (χ0v) is 14.1. The van der Waals surface area contributed by atoms with Crippen molar-refractivity contribution < 1.29 is 19.0 Å². The largest absolute Gasteiger partial charge is 0.376 e. The summed E-state index contributed by atoms with van der Waals surface area (Å²) in [5.74, 6) is -0.154. The summed E-state index contributed by atoms with van der Waals surface area (Å²) in [7, 11) is 5.00. The molecule has 0 radical (unpaired) electrons. The van der Waals surface area contributed by atoms with Crippen molar-refractivity contribution in [1.82, 2.24) is 9.88 Å². The number of hydrogen-bond acceptors (Lipinski definition) is 5. The van der Waals surface area contributed by atoms with Gasteiger partial charge in [-0.25, -0.2) is 0 Å². The van der Waals surface area contributed by atoms with Crippen molar-refractivity contribution in [2.75, 3.05) is 34.5 Å². The molecule has 0 unspecified atom stereocenters. The summed E-state index contributed by atoms with van der Waals surface area (Å²) in [5, 5.41) is 1.83. The maximum Gasteiger partial charge on any atom is 0.273 e. The topological polar surface area (TPSA) is 60.9 Å². The van der Waals surface area contributed by atoms with E-state index in [1.807, 2.05) is 30.3 Å². The number of carbonyl (C=O) groups is 1. The molecule has 3 atom stereocenters. The molecule has 0 bridgehead atoms. The van der Waals surface area contributed by atoms with Crippen molar-refractivity contribution in [3.05, 3.63) is 42.2 Å². The monoisotopic (exact) mass is 330 g/mol. The Morgan fingerprint density at radius 3 is 2.75 bits per heavy atom. The Morgan fingerprint density at radius 1 is 1.21 bits per heavy atom. The molecular formula is C18H22N2O4. The SMILES string of the molecule is CO[C@H]1[C@H](N(C)C(=O)c2nccc3ccccc23)COC[C@H]1OC. The summed E-state index contributed by atoms with van der Waals surface area (Å²) >= 11 is 0. The Bertz CT molecular complexity index is 716. The van der Waals surface area contributed by atoms with Crippen LogP contribution in [-0.4, -0.2) is 68.5 Å². The lowest BCUT2D eigenvalue weighted by Crippen LogP contribution is -2.57. The van der Waals surface area contributed by atoms with E-state index in [2.05, 4.69) is 4.98 Å². The third-order valence-electron chi connectivity index (χ3n) is 4.59. The van der Waals surface area contributed by atoms with Crippen molar-refractivity contribution in [3.63, 3.8) is 0 Å². The van der Waals surface area contributed by atoms with E-state index < -0.39 is 0 Å². The van der Waals surface area contributed by atoms with Crippen LogP contribution >= 0.6 is 0 Å². The normalized spacial score (nSPS) is 24.0. The molecule has 3 rings (SSSR count). The highest BCUT2D eigenvalue weighted by atomic mass is 16.6. The first kappa shape index (κ1) is 16.8. The van der Waals surface area contributed by atoms with Gasteiger partial charge in [-0.2, -0.15) is 0 Å². The van der Waals surface area contributed by atoms with Gasteiger partial charge in [0.15, 0.2) is 0 Å². The second-order valence-electron chi connectivity index (χ2n) is 5.88. The van der Waals surface area contributed by atoms with Crippen molar-refractivity contribution in [1.29, 1.82) is 0 Å². The summed E-state index contributed by atoms with van der Waals surface area (Å²) in [6.45, 7) is 0.866. The average Bonchev–Trinajstić information content (AvgIpc) is 2.65. The Hall–Kier alpha value is -2.02. The second kappa shape index (κ2) is 7.25. The van der Waals surface area contributed by atoms with E-state index in [0.717, 1.165) is 10.8 Å². The highest BCUT2D eigenvalue weighted by Gasteiger charge is 2.39. The van der Waals surface area contributed by atoms with Crippen LogP contribution in [0.4, 0.5) is 0 Å². The molecule has 6 heteroatoms. The van der Waals surface area contributed by atoms with Gasteiger partial charge in [-0.3, -0.25) is 9.78 Å². The fourth-order valence-electron chi connectivity index (χ4n) is 3.19. The number of carbonyl (C=O) groups excluding carboxylic acids is 1. The van der Waals surface area contributed by atoms with Crippen LogP contribution in [0.25, 0.3) is 10.8 Å². The first-order valence-corrected chi connectivity index (χ1v) is 7.91. The molecule has 2 aromatic rings. The van der Waals surface area contributed by atoms with Gasteiger partial charge in [0.1, 0.15) is 17.9 Å². The number of pyridine rings is 1. The number of nitrogens with zero attached hydrogens (tertiary/aromatic N) is 2. The summed E-state index contributed by atoms with van der Waals surface area (Å²) in [5.41, 5.74) is 0.435. The molecule has 128 valence electrons. The van der Waals surface area contributed by atoms with E-state index in [1.54, 1.807) is 32.4 Å². The Labute approximate surface area is 141 Å². The van der Waals surface area contributed by atoms with Crippen LogP contribution in [0.1, 0.15) is 10.5 Å². The van der Waals surface area contributed by atoms with E-state index in [-0.39, 0.29) is 24.2 Å². The van der Waals surface area contributed by atoms with Gasteiger partial charge < -0.3 is 19.1 Å². The summed E-state index contributed by atoms with van der Waals surface area (Å²) in [6, 6.07) is 9.39. The number of methoxy groups -OCH3 is 2. The van der Waals surface area contributed by atoms with Crippen LogP contribution in [0.5, 0.6) is 0 Å². The number of benzene rings is 1. The van der Waals surface area contributed by atoms with E-state index in [9.17, 15) is 4.79 Å². The fraction of sp³-hybridized carbons (Fsp3) is 0.444. The van der Waals surface area contributed by atoms with Gasteiger partial charge in [0, 0.05) is 32.9 Å². The molecule has 0 spiro atoms. The summed E-state index contributed by atoms with van der Waals surface area (Å²) in [6.07, 6.45) is 1.21. The Morgan fingerprint density at radius 2 is 2.00 bits per heavy atom. The molecule has 6 nitrogen and oxygen atoms in total. The van der Waals surface area contributed by atoms with Crippen molar-refractivity contribution in [2.45, 2.75) is 18.2 Å². The smallest absolute Gasteiger partial charge is 0.273 e. The number of aromatic nitrogens is 1. The molecule has 0 saturated carbocycles. The molecule has 1 aromatic heterocycles. The molecule has 24 heavy (non-hydrogen) atoms. The lowest BCUT2D eigenvalue weighted by atomic mass is 10.0. The van der Waals surface area contributed by atoms with Crippen molar-refractivity contribution >= 4 is 16.7 Å². The molecule has 1 aromatic carbocycles. The number of fused-ring (bicyclic) bond motifs is 1. The Kier molecular flexibility index (Phi) is 5.08. The Balaban J connectivity index is 1.91. The van der Waals surface area contributed by atoms with Gasteiger partial charge in [0.25, 0.3) is 5.91 Å². The van der Waals surface area contributed by atoms with Crippen molar-refractivity contribution in [3.8, 4) is 0 Å². The molecule has 1 fully saturated rings. The highest BCUT2D eigenvalue weighted by Crippen LogP contribution is 2.22. The molecule has 1 aliphatic heterocycles. The number of ether oxygens (including phenoxy) is 3. The van der Waals surface area contributed by atoms with E-state index in [0.29, 0.717) is 18.9 Å². The molecular weight excluding hydrogens is 308 g/mol. The molecule has 2 heterocycles. The maximum atomic E-state index is 13.0. The summed E-state index contributed by atoms with van der Waals surface area (Å²) < 4.78 is 16.6. The molecule has 1 aliphatic rings. The van der Waals surface area contributed by atoms with Gasteiger partial charge >= 0.3 is 0 Å². The maximum absolute atomic E-state index is 13.0. The van der Waals surface area contributed by atoms with Gasteiger partial charge in [-0.05, 0) is 11.5 Å². The standard InChI is InChI=1S/C18H22N2O4/c1-20(14-10-24-11-15(22-2)17(14)23-3)18(21)16-13-7-5-4-6-12(13)8-9-19-16/h4-9,14-15,17H,10-11H2,1-3H3/t14-,15-,17+/m1/s1. The minimum Gasteiger partial charge on any atom is -0.376 e. The number of hydrogen-bond donors (Lipinski definition) is 0. The zero-order chi connectivity index (χ0) is 17.1. The van der Waals surface area contributed by atoms with Crippen LogP contribution in [0.3, 0.4) is 0 Å². The van der Waals surface area contributed by atoms with Gasteiger partial charge in [-0.1, -0.05) is 24.3 Å². The number of rotatable bonds is 4. The molecule has 1 amide bonds. The van der Waals surface area contributed by atoms with Gasteiger partial charge in [0.2, 0.25) is 0 Å². The first-order valence-electron chi connectivity index (χ1n) is 7.91. The molecule has 0 N–H and O–H groups in total. The predicted molar refractivity (Wildman–Crippen MR) is 90.0 cm³/mol. The average molecular weight is 330 g/mol. The number of amides is 1. The minimum absolute atomic E-state index is 0.154. The van der Waals surface area contributed by atoms with Crippen LogP contribution in [0.15, 0.2) is 36.5 Å². The molecule has 1 saturated heterocycles. The third kappa shape index (κ3) is 3.00. The minimum atomic E-state index is -0.243. The fourth-order valence-corrected chi connectivity index (χ4v) is 3.19. The predicted octanol–water partition coefficient (Wildman–Crippen LogP) is 1.74. The lowest BCUT2D eigenvalue weighted by molar-refractivity contribution is -0.147. The lowest BCUT2D eigenvalue weighted by Gasteiger charge is -2.40. The van der Waals surface area contributed by atoms with Crippen LogP contribution in [-0.2, 0) is 14.2 Å². The van der Waals surface area contributed by atoms with Gasteiger partial charge in [-0.15, -0.1) is 0 Å².